The van der Waals surface area contributed by atoms with Crippen molar-refractivity contribution >= 4 is 34.9 Å². The van der Waals surface area contributed by atoms with E-state index in [1.165, 1.54) is 11.3 Å². The number of alkyl halides is 1. The second kappa shape index (κ2) is 11.6. The summed E-state index contributed by atoms with van der Waals surface area (Å²) in [5.74, 6) is -1.55. The standard InChI is InChI=1S/C11H14O4S.C6H6ClN/c1-3-14-10(12)9(11(13)15-4-2)8-6-5-7-16-8;7-5-6-3-1-2-4-8-6/h5-7,9H,3-4H2,1-2H3;1-4H,5H2. The van der Waals surface area contributed by atoms with E-state index in [0.29, 0.717) is 10.8 Å². The molecule has 7 heteroatoms. The van der Waals surface area contributed by atoms with Crippen molar-refractivity contribution < 1.29 is 19.1 Å². The summed E-state index contributed by atoms with van der Waals surface area (Å²) in [6.07, 6.45) is 1.73. The molecule has 0 radical (unpaired) electrons. The molecule has 2 aromatic rings. The number of carbonyl (C=O) groups excluding carboxylic acids is 2. The molecule has 0 saturated heterocycles. The minimum Gasteiger partial charge on any atom is -0.465 e. The molecule has 0 spiro atoms. The van der Waals surface area contributed by atoms with E-state index in [9.17, 15) is 9.59 Å². The van der Waals surface area contributed by atoms with Crippen molar-refractivity contribution in [3.05, 3.63) is 52.5 Å². The van der Waals surface area contributed by atoms with Crippen molar-refractivity contribution in [3.63, 3.8) is 0 Å². The molecule has 2 heterocycles. The van der Waals surface area contributed by atoms with Crippen LogP contribution in [-0.2, 0) is 24.9 Å². The lowest BCUT2D eigenvalue weighted by atomic mass is 10.1. The average Bonchev–Trinajstić information content (AvgIpc) is 3.11. The molecule has 0 N–H and O–H groups in total. The summed E-state index contributed by atoms with van der Waals surface area (Å²) >= 11 is 6.80. The predicted molar refractivity (Wildman–Crippen MR) is 94.1 cm³/mol. The Morgan fingerprint density at radius 2 is 1.79 bits per heavy atom. The lowest BCUT2D eigenvalue weighted by Crippen LogP contribution is -2.25. The van der Waals surface area contributed by atoms with Gasteiger partial charge in [0, 0.05) is 11.1 Å². The molecule has 2 rings (SSSR count). The maximum atomic E-state index is 11.6. The Labute approximate surface area is 150 Å². The fourth-order valence-corrected chi connectivity index (χ4v) is 2.67. The predicted octanol–water partition coefficient (Wildman–Crippen LogP) is 3.78. The van der Waals surface area contributed by atoms with Crippen molar-refractivity contribution in [2.24, 2.45) is 0 Å². The second-order valence-electron chi connectivity index (χ2n) is 4.41. The number of rotatable bonds is 6. The fraction of sp³-hybridized carbons (Fsp3) is 0.353. The van der Waals surface area contributed by atoms with Gasteiger partial charge in [-0.2, -0.15) is 0 Å². The topological polar surface area (TPSA) is 65.5 Å². The number of pyridine rings is 1. The number of thiophene rings is 1. The third-order valence-corrected chi connectivity index (χ3v) is 3.95. The number of halogens is 1. The highest BCUT2D eigenvalue weighted by atomic mass is 35.5. The van der Waals surface area contributed by atoms with Crippen molar-refractivity contribution in [2.75, 3.05) is 13.2 Å². The van der Waals surface area contributed by atoms with Crippen LogP contribution in [0.1, 0.15) is 30.3 Å². The van der Waals surface area contributed by atoms with Gasteiger partial charge in [-0.25, -0.2) is 0 Å². The summed E-state index contributed by atoms with van der Waals surface area (Å²) in [7, 11) is 0. The molecule has 0 fully saturated rings. The second-order valence-corrected chi connectivity index (χ2v) is 5.65. The Bertz CT molecular complexity index is 586. The zero-order chi connectivity index (χ0) is 17.8. The summed E-state index contributed by atoms with van der Waals surface area (Å²) in [4.78, 5) is 27.9. The van der Waals surface area contributed by atoms with Crippen molar-refractivity contribution in [1.29, 1.82) is 0 Å². The zero-order valence-corrected chi connectivity index (χ0v) is 15.2. The molecule has 5 nitrogen and oxygen atoms in total. The lowest BCUT2D eigenvalue weighted by molar-refractivity contribution is -0.156. The Morgan fingerprint density at radius 3 is 2.17 bits per heavy atom. The van der Waals surface area contributed by atoms with Gasteiger partial charge in [-0.05, 0) is 37.4 Å². The number of nitrogens with zero attached hydrogens (tertiary/aromatic N) is 1. The third-order valence-electron chi connectivity index (χ3n) is 2.74. The van der Waals surface area contributed by atoms with E-state index in [0.717, 1.165) is 5.69 Å². The zero-order valence-electron chi connectivity index (χ0n) is 13.6. The molecule has 130 valence electrons. The van der Waals surface area contributed by atoms with Crippen molar-refractivity contribution in [1.82, 2.24) is 4.98 Å². The molecule has 0 unspecified atom stereocenters. The van der Waals surface area contributed by atoms with Crippen LogP contribution >= 0.6 is 22.9 Å². The molecule has 0 aliphatic rings. The Balaban J connectivity index is 0.000000300. The van der Waals surface area contributed by atoms with Crippen LogP contribution in [0, 0.1) is 0 Å². The molecular weight excluding hydrogens is 350 g/mol. The van der Waals surface area contributed by atoms with E-state index >= 15 is 0 Å². The van der Waals surface area contributed by atoms with E-state index in [1.807, 2.05) is 18.2 Å². The summed E-state index contributed by atoms with van der Waals surface area (Å²) in [6.45, 7) is 3.91. The van der Waals surface area contributed by atoms with Crippen LogP contribution in [-0.4, -0.2) is 30.1 Å². The van der Waals surface area contributed by atoms with Gasteiger partial charge in [-0.15, -0.1) is 22.9 Å². The quantitative estimate of drug-likeness (QED) is 0.440. The van der Waals surface area contributed by atoms with Gasteiger partial charge in [-0.3, -0.25) is 14.6 Å². The van der Waals surface area contributed by atoms with E-state index in [2.05, 4.69) is 4.98 Å². The van der Waals surface area contributed by atoms with Crippen LogP contribution in [0.2, 0.25) is 0 Å². The number of aromatic nitrogens is 1. The SMILES string of the molecule is CCOC(=O)C(C(=O)OCC)c1cccs1.ClCc1ccccn1. The molecule has 0 saturated carbocycles. The van der Waals surface area contributed by atoms with Gasteiger partial charge in [0.25, 0.3) is 0 Å². The van der Waals surface area contributed by atoms with Crippen LogP contribution in [0.3, 0.4) is 0 Å². The summed E-state index contributed by atoms with van der Waals surface area (Å²) in [6, 6.07) is 9.20. The summed E-state index contributed by atoms with van der Waals surface area (Å²) in [5.41, 5.74) is 0.925. The number of esters is 2. The molecule has 0 bridgehead atoms. The molecule has 0 aliphatic carbocycles. The van der Waals surface area contributed by atoms with Gasteiger partial charge in [0.05, 0.1) is 24.8 Å². The van der Waals surface area contributed by atoms with Gasteiger partial charge >= 0.3 is 11.9 Å². The number of hydrogen-bond donors (Lipinski definition) is 0. The van der Waals surface area contributed by atoms with Crippen molar-refractivity contribution in [2.45, 2.75) is 25.6 Å². The Morgan fingerprint density at radius 1 is 1.12 bits per heavy atom. The highest BCUT2D eigenvalue weighted by Gasteiger charge is 2.32. The highest BCUT2D eigenvalue weighted by Crippen LogP contribution is 2.24. The van der Waals surface area contributed by atoms with E-state index in [-0.39, 0.29) is 13.2 Å². The Hall–Kier alpha value is -1.92. The van der Waals surface area contributed by atoms with E-state index in [1.54, 1.807) is 37.6 Å². The molecule has 0 amide bonds. The first-order chi connectivity index (χ1) is 11.6. The van der Waals surface area contributed by atoms with Crippen LogP contribution in [0.25, 0.3) is 0 Å². The minimum absolute atomic E-state index is 0.250. The summed E-state index contributed by atoms with van der Waals surface area (Å²) < 4.78 is 9.72. The van der Waals surface area contributed by atoms with Gasteiger partial charge in [0.1, 0.15) is 0 Å². The molecule has 0 atom stereocenters. The van der Waals surface area contributed by atoms with Gasteiger partial charge < -0.3 is 9.47 Å². The molecule has 2 aromatic heterocycles. The number of ether oxygens (including phenoxy) is 2. The van der Waals surface area contributed by atoms with E-state index in [4.69, 9.17) is 21.1 Å². The van der Waals surface area contributed by atoms with E-state index < -0.39 is 17.9 Å². The van der Waals surface area contributed by atoms with Gasteiger partial charge in [-0.1, -0.05) is 12.1 Å². The van der Waals surface area contributed by atoms with Crippen molar-refractivity contribution in [3.8, 4) is 0 Å². The van der Waals surface area contributed by atoms with Crippen LogP contribution in [0.15, 0.2) is 41.9 Å². The minimum atomic E-state index is -0.945. The average molecular weight is 370 g/mol. The first-order valence-electron chi connectivity index (χ1n) is 7.46. The van der Waals surface area contributed by atoms with Crippen LogP contribution < -0.4 is 0 Å². The first kappa shape index (κ1) is 20.1. The molecule has 0 aromatic carbocycles. The normalized spacial score (nSPS) is 9.83. The number of hydrogen-bond acceptors (Lipinski definition) is 6. The maximum Gasteiger partial charge on any atom is 0.325 e. The Kier molecular flexibility index (Phi) is 9.72. The van der Waals surface area contributed by atoms with Crippen LogP contribution in [0.5, 0.6) is 0 Å². The smallest absolute Gasteiger partial charge is 0.325 e. The lowest BCUT2D eigenvalue weighted by Gasteiger charge is -2.12. The number of carbonyl (C=O) groups is 2. The third kappa shape index (κ3) is 6.68. The summed E-state index contributed by atoms with van der Waals surface area (Å²) in [5, 5.41) is 1.81. The first-order valence-corrected chi connectivity index (χ1v) is 8.87. The monoisotopic (exact) mass is 369 g/mol. The maximum absolute atomic E-state index is 11.6. The largest absolute Gasteiger partial charge is 0.465 e. The van der Waals surface area contributed by atoms with Gasteiger partial charge in [0.15, 0.2) is 5.92 Å². The molecular formula is C17H20ClNO4S. The van der Waals surface area contributed by atoms with Crippen LogP contribution in [0.4, 0.5) is 0 Å². The fourth-order valence-electron chi connectivity index (χ4n) is 1.71. The highest BCUT2D eigenvalue weighted by molar-refractivity contribution is 7.10. The van der Waals surface area contributed by atoms with Gasteiger partial charge in [0.2, 0.25) is 0 Å². The molecule has 0 aliphatic heterocycles. The molecule has 24 heavy (non-hydrogen) atoms.